The Balaban J connectivity index is 3.36. The molecule has 0 saturated heterocycles. The van der Waals surface area contributed by atoms with E-state index in [1.54, 1.807) is 0 Å². The molecule has 0 fully saturated rings. The van der Waals surface area contributed by atoms with Crippen LogP contribution in [0.2, 0.25) is 0 Å². The Labute approximate surface area is 539 Å². The Bertz CT molecular complexity index is 1350. The van der Waals surface area contributed by atoms with E-state index in [0.717, 1.165) is 44.9 Å². The molecular weight excluding hydrogens is 1050 g/mol. The number of aliphatic hydroxyl groups is 2. The minimum absolute atomic E-state index is 0.0101. The number of allylic oxidation sites excluding steroid dienone is 4. The maximum Gasteiger partial charge on any atom is 0.305 e. The SMILES string of the molecule is CCCCCCC/C=C\CCCCCCCC(=O)OCCCCCCCCCCCCCC/C=C\CCCCCCCCCCCCCCCCCC(=O)NC(CO)C(O)CCCCCCCCCCCCCCCCCCCCCCCCCC. The molecule has 0 aromatic carbocycles. The van der Waals surface area contributed by atoms with Crippen LogP contribution in [0.15, 0.2) is 24.3 Å². The summed E-state index contributed by atoms with van der Waals surface area (Å²) in [6.07, 6.45) is 97.0. The molecule has 510 valence electrons. The monoisotopic (exact) mass is 1210 g/mol. The fraction of sp³-hybridized carbons (Fsp3) is 0.925. The normalized spacial score (nSPS) is 12.6. The molecule has 0 bridgehead atoms. The van der Waals surface area contributed by atoms with Gasteiger partial charge in [0.05, 0.1) is 25.4 Å². The van der Waals surface area contributed by atoms with E-state index >= 15 is 0 Å². The smallest absolute Gasteiger partial charge is 0.305 e. The molecule has 0 aromatic heterocycles. The van der Waals surface area contributed by atoms with Crippen LogP contribution in [-0.2, 0) is 14.3 Å². The van der Waals surface area contributed by atoms with E-state index in [1.807, 2.05) is 0 Å². The average Bonchev–Trinajstić information content (AvgIpc) is 3.54. The van der Waals surface area contributed by atoms with Gasteiger partial charge in [-0.1, -0.05) is 385 Å². The Kier molecular flexibility index (Phi) is 74.3. The second-order valence-electron chi connectivity index (χ2n) is 27.4. The minimum atomic E-state index is -0.664. The van der Waals surface area contributed by atoms with Crippen molar-refractivity contribution in [3.63, 3.8) is 0 Å². The zero-order chi connectivity index (χ0) is 62.0. The Morgan fingerprint density at radius 1 is 0.314 bits per heavy atom. The Hall–Kier alpha value is -1.66. The summed E-state index contributed by atoms with van der Waals surface area (Å²) in [5.74, 6) is -0.0171. The van der Waals surface area contributed by atoms with Gasteiger partial charge in [-0.3, -0.25) is 9.59 Å². The van der Waals surface area contributed by atoms with Gasteiger partial charge in [0.2, 0.25) is 5.91 Å². The first-order chi connectivity index (χ1) is 42.5. The summed E-state index contributed by atoms with van der Waals surface area (Å²) in [6.45, 7) is 4.99. The lowest BCUT2D eigenvalue weighted by atomic mass is 10.0. The molecule has 2 unspecified atom stereocenters. The van der Waals surface area contributed by atoms with Gasteiger partial charge in [-0.25, -0.2) is 0 Å². The predicted molar refractivity (Wildman–Crippen MR) is 380 cm³/mol. The zero-order valence-corrected chi connectivity index (χ0v) is 58.6. The molecular formula is C80H155NO5. The highest BCUT2D eigenvalue weighted by molar-refractivity contribution is 5.76. The largest absolute Gasteiger partial charge is 0.466 e. The van der Waals surface area contributed by atoms with E-state index in [1.165, 1.54) is 372 Å². The van der Waals surface area contributed by atoms with Gasteiger partial charge in [0, 0.05) is 12.8 Å². The summed E-state index contributed by atoms with van der Waals surface area (Å²) in [5.41, 5.74) is 0. The number of carbonyl (C=O) groups excluding carboxylic acids is 2. The topological polar surface area (TPSA) is 95.9 Å². The summed E-state index contributed by atoms with van der Waals surface area (Å²) < 4.78 is 5.49. The van der Waals surface area contributed by atoms with E-state index in [2.05, 4.69) is 43.5 Å². The molecule has 0 spiro atoms. The zero-order valence-electron chi connectivity index (χ0n) is 58.6. The maximum atomic E-state index is 12.6. The summed E-state index contributed by atoms with van der Waals surface area (Å²) in [7, 11) is 0. The Morgan fingerprint density at radius 3 is 0.826 bits per heavy atom. The molecule has 0 saturated carbocycles. The lowest BCUT2D eigenvalue weighted by molar-refractivity contribution is -0.143. The number of esters is 1. The van der Waals surface area contributed by atoms with Gasteiger partial charge in [-0.2, -0.15) is 0 Å². The molecule has 3 N–H and O–H groups in total. The van der Waals surface area contributed by atoms with Crippen molar-refractivity contribution >= 4 is 11.9 Å². The summed E-state index contributed by atoms with van der Waals surface area (Å²) >= 11 is 0. The lowest BCUT2D eigenvalue weighted by Gasteiger charge is -2.22. The van der Waals surface area contributed by atoms with Crippen LogP contribution in [0, 0.1) is 0 Å². The molecule has 0 aromatic rings. The van der Waals surface area contributed by atoms with Crippen LogP contribution >= 0.6 is 0 Å². The van der Waals surface area contributed by atoms with Gasteiger partial charge >= 0.3 is 5.97 Å². The van der Waals surface area contributed by atoms with Crippen LogP contribution in [0.5, 0.6) is 0 Å². The fourth-order valence-corrected chi connectivity index (χ4v) is 12.7. The molecule has 6 nitrogen and oxygen atoms in total. The first-order valence-corrected chi connectivity index (χ1v) is 39.6. The van der Waals surface area contributed by atoms with Crippen LogP contribution in [0.3, 0.4) is 0 Å². The van der Waals surface area contributed by atoms with Gasteiger partial charge in [-0.05, 0) is 77.0 Å². The molecule has 0 aliphatic heterocycles. The number of rotatable bonds is 75. The highest BCUT2D eigenvalue weighted by Crippen LogP contribution is 2.20. The molecule has 86 heavy (non-hydrogen) atoms. The van der Waals surface area contributed by atoms with Crippen LogP contribution in [0.1, 0.15) is 450 Å². The van der Waals surface area contributed by atoms with Crippen molar-refractivity contribution in [3.05, 3.63) is 24.3 Å². The molecule has 0 radical (unpaired) electrons. The number of ether oxygens (including phenoxy) is 1. The van der Waals surface area contributed by atoms with Gasteiger partial charge in [0.25, 0.3) is 0 Å². The Morgan fingerprint density at radius 2 is 0.547 bits per heavy atom. The highest BCUT2D eigenvalue weighted by atomic mass is 16.5. The fourth-order valence-electron chi connectivity index (χ4n) is 12.7. The standard InChI is InChI=1S/C80H155NO5/c1-3-5-7-9-11-13-15-17-19-20-21-22-23-33-36-39-42-45-48-52-56-60-64-68-72-78(83)77(76-82)81-79(84)73-69-65-61-57-53-49-46-43-40-37-34-31-29-27-25-24-26-28-30-32-35-38-41-44-47-51-55-59-63-67-71-75-86-80(85)74-70-66-62-58-54-50-18-16-14-12-10-8-6-4-2/h16,18,26,28,77-78,82-83H,3-15,17,19-25,27,29-76H2,1-2H3,(H,81,84)/b18-16-,28-26-. The van der Waals surface area contributed by atoms with Crippen molar-refractivity contribution in [3.8, 4) is 0 Å². The molecule has 0 aliphatic carbocycles. The first-order valence-electron chi connectivity index (χ1n) is 39.6. The second kappa shape index (κ2) is 75.8. The van der Waals surface area contributed by atoms with E-state index < -0.39 is 12.1 Å². The summed E-state index contributed by atoms with van der Waals surface area (Å²) in [4.78, 5) is 24.6. The lowest BCUT2D eigenvalue weighted by Crippen LogP contribution is -2.45. The van der Waals surface area contributed by atoms with Crippen molar-refractivity contribution in [1.82, 2.24) is 5.32 Å². The van der Waals surface area contributed by atoms with Crippen LogP contribution in [0.25, 0.3) is 0 Å². The van der Waals surface area contributed by atoms with Gasteiger partial charge in [0.1, 0.15) is 0 Å². The number of hydrogen-bond donors (Lipinski definition) is 3. The number of aliphatic hydroxyl groups excluding tert-OH is 2. The van der Waals surface area contributed by atoms with Crippen LogP contribution in [-0.4, -0.2) is 47.4 Å². The molecule has 1 amide bonds. The van der Waals surface area contributed by atoms with Crippen molar-refractivity contribution in [1.29, 1.82) is 0 Å². The third-order valence-electron chi connectivity index (χ3n) is 18.7. The number of carbonyl (C=O) groups is 2. The maximum absolute atomic E-state index is 12.6. The third-order valence-corrected chi connectivity index (χ3v) is 18.7. The van der Waals surface area contributed by atoms with Gasteiger partial charge in [-0.15, -0.1) is 0 Å². The quantitative estimate of drug-likeness (QED) is 0.0320. The van der Waals surface area contributed by atoms with Crippen LogP contribution < -0.4 is 5.32 Å². The molecule has 2 atom stereocenters. The second-order valence-corrected chi connectivity index (χ2v) is 27.4. The predicted octanol–water partition coefficient (Wildman–Crippen LogP) is 26.0. The first kappa shape index (κ1) is 84.3. The third kappa shape index (κ3) is 71.4. The molecule has 0 aliphatic rings. The minimum Gasteiger partial charge on any atom is -0.466 e. The van der Waals surface area contributed by atoms with Crippen LogP contribution in [0.4, 0.5) is 0 Å². The van der Waals surface area contributed by atoms with E-state index in [9.17, 15) is 19.8 Å². The van der Waals surface area contributed by atoms with Crippen molar-refractivity contribution in [2.45, 2.75) is 463 Å². The summed E-state index contributed by atoms with van der Waals surface area (Å²) in [6, 6.07) is -0.541. The number of unbranched alkanes of at least 4 members (excludes halogenated alkanes) is 60. The molecule has 0 rings (SSSR count). The molecule has 0 heterocycles. The number of hydrogen-bond acceptors (Lipinski definition) is 5. The molecule has 6 heteroatoms. The van der Waals surface area contributed by atoms with Crippen molar-refractivity contribution in [2.24, 2.45) is 0 Å². The highest BCUT2D eigenvalue weighted by Gasteiger charge is 2.20. The van der Waals surface area contributed by atoms with E-state index in [-0.39, 0.29) is 18.5 Å². The van der Waals surface area contributed by atoms with E-state index in [4.69, 9.17) is 4.74 Å². The van der Waals surface area contributed by atoms with Gasteiger partial charge in [0.15, 0.2) is 0 Å². The average molecular weight is 1210 g/mol. The van der Waals surface area contributed by atoms with Crippen molar-refractivity contribution in [2.75, 3.05) is 13.2 Å². The van der Waals surface area contributed by atoms with Gasteiger partial charge < -0.3 is 20.3 Å². The number of amides is 1. The summed E-state index contributed by atoms with van der Waals surface area (Å²) in [5, 5.41) is 23.5. The number of nitrogens with one attached hydrogen (secondary N) is 1. The van der Waals surface area contributed by atoms with Crippen molar-refractivity contribution < 1.29 is 24.5 Å². The van der Waals surface area contributed by atoms with E-state index in [0.29, 0.717) is 25.9 Å².